The van der Waals surface area contributed by atoms with Gasteiger partial charge in [-0.25, -0.2) is 4.79 Å². The largest absolute Gasteiger partial charge is 0.479 e. The number of ether oxygens (including phenoxy) is 1. The van der Waals surface area contributed by atoms with Crippen LogP contribution in [0.25, 0.3) is 0 Å². The van der Waals surface area contributed by atoms with Crippen molar-refractivity contribution < 1.29 is 14.6 Å². The number of hydrogen-bond donors (Lipinski definition) is 1. The standard InChI is InChI=1S/C14H20O3/c1-4-10-17-14(3,13(15)16)12-8-6-11(5-2)7-9-12/h6-9H,4-5,10H2,1-3H3,(H,15,16). The van der Waals surface area contributed by atoms with E-state index in [1.165, 1.54) is 5.56 Å². The zero-order valence-corrected chi connectivity index (χ0v) is 10.7. The molecule has 0 saturated heterocycles. The van der Waals surface area contributed by atoms with E-state index < -0.39 is 11.6 Å². The first-order valence-corrected chi connectivity index (χ1v) is 6.01. The Morgan fingerprint density at radius 2 is 1.88 bits per heavy atom. The van der Waals surface area contributed by atoms with Crippen LogP contribution in [0.15, 0.2) is 24.3 Å². The predicted octanol–water partition coefficient (Wildman–Crippen LogP) is 2.98. The minimum Gasteiger partial charge on any atom is -0.479 e. The number of benzene rings is 1. The third-order valence-corrected chi connectivity index (χ3v) is 2.92. The fourth-order valence-corrected chi connectivity index (χ4v) is 1.63. The topological polar surface area (TPSA) is 46.5 Å². The zero-order chi connectivity index (χ0) is 12.9. The monoisotopic (exact) mass is 236 g/mol. The molecule has 3 heteroatoms. The highest BCUT2D eigenvalue weighted by Crippen LogP contribution is 2.26. The number of carbonyl (C=O) groups is 1. The van der Waals surface area contributed by atoms with Crippen LogP contribution in [0.5, 0.6) is 0 Å². The van der Waals surface area contributed by atoms with E-state index in [0.717, 1.165) is 12.8 Å². The van der Waals surface area contributed by atoms with E-state index in [1.54, 1.807) is 6.92 Å². The molecule has 94 valence electrons. The summed E-state index contributed by atoms with van der Waals surface area (Å²) in [5.74, 6) is -0.949. The van der Waals surface area contributed by atoms with Crippen molar-refractivity contribution in [2.75, 3.05) is 6.61 Å². The first-order valence-electron chi connectivity index (χ1n) is 6.01. The van der Waals surface area contributed by atoms with Crippen molar-refractivity contribution in [3.8, 4) is 0 Å². The highest BCUT2D eigenvalue weighted by atomic mass is 16.5. The first kappa shape index (κ1) is 13.7. The number of aliphatic carboxylic acids is 1. The molecule has 0 aliphatic rings. The van der Waals surface area contributed by atoms with E-state index >= 15 is 0 Å². The van der Waals surface area contributed by atoms with Crippen LogP contribution in [0, 0.1) is 0 Å². The van der Waals surface area contributed by atoms with Crippen molar-refractivity contribution in [3.05, 3.63) is 35.4 Å². The van der Waals surface area contributed by atoms with E-state index in [4.69, 9.17) is 4.74 Å². The van der Waals surface area contributed by atoms with Gasteiger partial charge >= 0.3 is 5.97 Å². The average molecular weight is 236 g/mol. The summed E-state index contributed by atoms with van der Waals surface area (Å²) >= 11 is 0. The van der Waals surface area contributed by atoms with Gasteiger partial charge in [-0.3, -0.25) is 0 Å². The van der Waals surface area contributed by atoms with E-state index in [-0.39, 0.29) is 0 Å². The Hall–Kier alpha value is -1.35. The van der Waals surface area contributed by atoms with Gasteiger partial charge < -0.3 is 9.84 Å². The van der Waals surface area contributed by atoms with Crippen LogP contribution < -0.4 is 0 Å². The molecule has 0 saturated carbocycles. The summed E-state index contributed by atoms with van der Waals surface area (Å²) in [4.78, 5) is 11.4. The molecule has 17 heavy (non-hydrogen) atoms. The minimum atomic E-state index is -1.25. The quantitative estimate of drug-likeness (QED) is 0.826. The van der Waals surface area contributed by atoms with E-state index in [0.29, 0.717) is 12.2 Å². The molecule has 3 nitrogen and oxygen atoms in total. The molecule has 0 radical (unpaired) electrons. The summed E-state index contributed by atoms with van der Waals surface area (Å²) < 4.78 is 5.50. The van der Waals surface area contributed by atoms with Gasteiger partial charge in [0.2, 0.25) is 0 Å². The smallest absolute Gasteiger partial charge is 0.340 e. The predicted molar refractivity (Wildman–Crippen MR) is 67.1 cm³/mol. The maximum Gasteiger partial charge on any atom is 0.340 e. The van der Waals surface area contributed by atoms with Crippen LogP contribution in [0.2, 0.25) is 0 Å². The van der Waals surface area contributed by atoms with Crippen molar-refractivity contribution in [2.24, 2.45) is 0 Å². The molecular weight excluding hydrogens is 216 g/mol. The molecule has 1 atom stereocenters. The Kier molecular flexibility index (Phi) is 4.70. The van der Waals surface area contributed by atoms with E-state index in [9.17, 15) is 9.90 Å². The SMILES string of the molecule is CCCOC(C)(C(=O)O)c1ccc(CC)cc1. The number of rotatable bonds is 6. The average Bonchev–Trinajstić information content (AvgIpc) is 2.35. The molecule has 0 bridgehead atoms. The molecule has 0 aromatic heterocycles. The number of carboxylic acids is 1. The molecular formula is C14H20O3. The maximum atomic E-state index is 11.4. The van der Waals surface area contributed by atoms with Crippen LogP contribution in [0.4, 0.5) is 0 Å². The minimum absolute atomic E-state index is 0.443. The Morgan fingerprint density at radius 3 is 2.29 bits per heavy atom. The molecule has 1 N–H and O–H groups in total. The lowest BCUT2D eigenvalue weighted by molar-refractivity contribution is -0.165. The lowest BCUT2D eigenvalue weighted by Gasteiger charge is -2.25. The second-order valence-corrected chi connectivity index (χ2v) is 4.24. The van der Waals surface area contributed by atoms with Crippen molar-refractivity contribution in [1.29, 1.82) is 0 Å². The summed E-state index contributed by atoms with van der Waals surface area (Å²) in [5, 5.41) is 9.31. The number of hydrogen-bond acceptors (Lipinski definition) is 2. The molecule has 1 aromatic rings. The van der Waals surface area contributed by atoms with Gasteiger partial charge in [-0.1, -0.05) is 38.1 Å². The Balaban J connectivity index is 3.00. The Bertz CT molecular complexity index is 370. The molecule has 0 amide bonds. The first-order chi connectivity index (χ1) is 8.04. The molecule has 0 heterocycles. The van der Waals surface area contributed by atoms with Gasteiger partial charge in [0.15, 0.2) is 5.60 Å². The second-order valence-electron chi connectivity index (χ2n) is 4.24. The summed E-state index contributed by atoms with van der Waals surface area (Å²) in [6.07, 6.45) is 1.75. The fraction of sp³-hybridized carbons (Fsp3) is 0.500. The number of carboxylic acid groups (broad SMARTS) is 1. The Morgan fingerprint density at radius 1 is 1.29 bits per heavy atom. The van der Waals surface area contributed by atoms with Crippen molar-refractivity contribution in [1.82, 2.24) is 0 Å². The van der Waals surface area contributed by atoms with Gasteiger partial charge in [-0.05, 0) is 30.9 Å². The molecule has 0 aliphatic carbocycles. The van der Waals surface area contributed by atoms with Crippen LogP contribution in [-0.4, -0.2) is 17.7 Å². The third-order valence-electron chi connectivity index (χ3n) is 2.92. The van der Waals surface area contributed by atoms with Gasteiger partial charge in [-0.2, -0.15) is 0 Å². The molecule has 0 aliphatic heterocycles. The summed E-state index contributed by atoms with van der Waals surface area (Å²) in [7, 11) is 0. The van der Waals surface area contributed by atoms with Gasteiger partial charge in [0.25, 0.3) is 0 Å². The highest BCUT2D eigenvalue weighted by Gasteiger charge is 2.36. The number of aryl methyl sites for hydroxylation is 1. The molecule has 1 unspecified atom stereocenters. The fourth-order valence-electron chi connectivity index (χ4n) is 1.63. The lowest BCUT2D eigenvalue weighted by Crippen LogP contribution is -2.35. The van der Waals surface area contributed by atoms with E-state index in [1.807, 2.05) is 31.2 Å². The Labute approximate surface area is 102 Å². The van der Waals surface area contributed by atoms with Crippen molar-refractivity contribution >= 4 is 5.97 Å². The van der Waals surface area contributed by atoms with Crippen LogP contribution in [0.1, 0.15) is 38.3 Å². The van der Waals surface area contributed by atoms with Crippen molar-refractivity contribution in [2.45, 2.75) is 39.2 Å². The third kappa shape index (κ3) is 3.07. The normalized spacial score (nSPS) is 14.3. The molecule has 1 aromatic carbocycles. The van der Waals surface area contributed by atoms with Crippen LogP contribution >= 0.6 is 0 Å². The van der Waals surface area contributed by atoms with Gasteiger partial charge in [0.05, 0.1) is 0 Å². The summed E-state index contributed by atoms with van der Waals surface area (Å²) in [5.41, 5.74) is 0.634. The maximum absolute atomic E-state index is 11.4. The van der Waals surface area contributed by atoms with Gasteiger partial charge in [0.1, 0.15) is 0 Å². The second kappa shape index (κ2) is 5.82. The molecule has 0 spiro atoms. The summed E-state index contributed by atoms with van der Waals surface area (Å²) in [6, 6.07) is 7.57. The highest BCUT2D eigenvalue weighted by molar-refractivity contribution is 5.79. The van der Waals surface area contributed by atoms with Crippen molar-refractivity contribution in [3.63, 3.8) is 0 Å². The summed E-state index contributed by atoms with van der Waals surface area (Å²) in [6.45, 7) is 6.08. The zero-order valence-electron chi connectivity index (χ0n) is 10.7. The van der Waals surface area contributed by atoms with Crippen LogP contribution in [-0.2, 0) is 21.6 Å². The lowest BCUT2D eigenvalue weighted by atomic mass is 9.94. The van der Waals surface area contributed by atoms with Gasteiger partial charge in [-0.15, -0.1) is 0 Å². The van der Waals surface area contributed by atoms with E-state index in [2.05, 4.69) is 6.92 Å². The van der Waals surface area contributed by atoms with Crippen LogP contribution in [0.3, 0.4) is 0 Å². The van der Waals surface area contributed by atoms with Gasteiger partial charge in [0, 0.05) is 6.61 Å². The molecule has 0 fully saturated rings. The molecule has 1 rings (SSSR count).